The zero-order valence-corrected chi connectivity index (χ0v) is 11.5. The first-order chi connectivity index (χ1) is 9.22. The van der Waals surface area contributed by atoms with E-state index in [9.17, 15) is 0 Å². The summed E-state index contributed by atoms with van der Waals surface area (Å²) in [6.07, 6.45) is 0. The Labute approximate surface area is 116 Å². The van der Waals surface area contributed by atoms with Crippen LogP contribution in [0.3, 0.4) is 0 Å². The van der Waals surface area contributed by atoms with Crippen LogP contribution >= 0.6 is 11.3 Å². The van der Waals surface area contributed by atoms with Gasteiger partial charge in [-0.2, -0.15) is 0 Å². The Morgan fingerprint density at radius 3 is 2.68 bits per heavy atom. The molecule has 0 aliphatic heterocycles. The van der Waals surface area contributed by atoms with Crippen molar-refractivity contribution in [2.45, 2.75) is 13.5 Å². The van der Waals surface area contributed by atoms with Crippen molar-refractivity contribution in [1.82, 2.24) is 0 Å². The Morgan fingerprint density at radius 2 is 1.89 bits per heavy atom. The van der Waals surface area contributed by atoms with Crippen LogP contribution in [-0.4, -0.2) is 0 Å². The molecule has 0 radical (unpaired) electrons. The molecule has 3 heteroatoms. The lowest BCUT2D eigenvalue weighted by Crippen LogP contribution is -1.94. The monoisotopic (exact) mass is 269 g/mol. The highest BCUT2D eigenvalue weighted by atomic mass is 32.1. The second kappa shape index (κ2) is 4.94. The van der Waals surface area contributed by atoms with Gasteiger partial charge in [-0.05, 0) is 42.6 Å². The SMILES string of the molecule is Cc1ccc(OCc2csc3ccc(N)cc23)cc1. The van der Waals surface area contributed by atoms with Crippen LogP contribution in [0.5, 0.6) is 5.75 Å². The molecule has 0 bridgehead atoms. The number of benzene rings is 2. The molecule has 1 aromatic heterocycles. The number of hydrogen-bond acceptors (Lipinski definition) is 3. The summed E-state index contributed by atoms with van der Waals surface area (Å²) in [5, 5.41) is 3.33. The second-order valence-corrected chi connectivity index (χ2v) is 5.53. The molecule has 19 heavy (non-hydrogen) atoms. The van der Waals surface area contributed by atoms with E-state index < -0.39 is 0 Å². The highest BCUT2D eigenvalue weighted by Crippen LogP contribution is 2.28. The average molecular weight is 269 g/mol. The zero-order valence-electron chi connectivity index (χ0n) is 10.7. The van der Waals surface area contributed by atoms with Gasteiger partial charge in [-0.15, -0.1) is 11.3 Å². The van der Waals surface area contributed by atoms with Gasteiger partial charge in [0.25, 0.3) is 0 Å². The van der Waals surface area contributed by atoms with E-state index in [0.717, 1.165) is 11.4 Å². The zero-order chi connectivity index (χ0) is 13.2. The first-order valence-electron chi connectivity index (χ1n) is 6.17. The number of hydrogen-bond donors (Lipinski definition) is 1. The van der Waals surface area contributed by atoms with Gasteiger partial charge >= 0.3 is 0 Å². The van der Waals surface area contributed by atoms with Gasteiger partial charge in [0.1, 0.15) is 12.4 Å². The fourth-order valence-electron chi connectivity index (χ4n) is 2.01. The van der Waals surface area contributed by atoms with Gasteiger partial charge in [0.15, 0.2) is 0 Å². The molecule has 2 N–H and O–H groups in total. The van der Waals surface area contributed by atoms with Gasteiger partial charge in [-0.25, -0.2) is 0 Å². The van der Waals surface area contributed by atoms with E-state index in [1.165, 1.54) is 21.2 Å². The van der Waals surface area contributed by atoms with Gasteiger partial charge in [-0.1, -0.05) is 17.7 Å². The second-order valence-electron chi connectivity index (χ2n) is 4.62. The van der Waals surface area contributed by atoms with E-state index in [1.54, 1.807) is 11.3 Å². The van der Waals surface area contributed by atoms with E-state index in [-0.39, 0.29) is 0 Å². The molecule has 3 rings (SSSR count). The maximum absolute atomic E-state index is 5.84. The Hall–Kier alpha value is -2.00. The van der Waals surface area contributed by atoms with Crippen molar-refractivity contribution in [1.29, 1.82) is 0 Å². The van der Waals surface area contributed by atoms with E-state index >= 15 is 0 Å². The molecule has 0 fully saturated rings. The van der Waals surface area contributed by atoms with Gasteiger partial charge in [0.2, 0.25) is 0 Å². The molecule has 0 spiro atoms. The number of rotatable bonds is 3. The molecule has 2 nitrogen and oxygen atoms in total. The van der Waals surface area contributed by atoms with Gasteiger partial charge in [0.05, 0.1) is 0 Å². The molecule has 0 saturated heterocycles. The quantitative estimate of drug-likeness (QED) is 0.716. The van der Waals surface area contributed by atoms with Crippen LogP contribution in [0.4, 0.5) is 5.69 Å². The summed E-state index contributed by atoms with van der Waals surface area (Å²) in [6.45, 7) is 2.64. The fraction of sp³-hybridized carbons (Fsp3) is 0.125. The lowest BCUT2D eigenvalue weighted by Gasteiger charge is -2.06. The van der Waals surface area contributed by atoms with E-state index in [0.29, 0.717) is 6.61 Å². The number of anilines is 1. The van der Waals surface area contributed by atoms with Crippen molar-refractivity contribution in [2.75, 3.05) is 5.73 Å². The number of fused-ring (bicyclic) bond motifs is 1. The van der Waals surface area contributed by atoms with E-state index in [2.05, 4.69) is 30.5 Å². The number of nitrogen functional groups attached to an aromatic ring is 1. The third-order valence-corrected chi connectivity index (χ3v) is 4.11. The number of aryl methyl sites for hydroxylation is 1. The third kappa shape index (κ3) is 2.56. The van der Waals surface area contributed by atoms with Crippen molar-refractivity contribution in [3.8, 4) is 5.75 Å². The Balaban J connectivity index is 1.81. The van der Waals surface area contributed by atoms with Crippen LogP contribution in [0.15, 0.2) is 47.8 Å². The van der Waals surface area contributed by atoms with Crippen molar-refractivity contribution in [3.05, 3.63) is 59.0 Å². The predicted octanol–water partition coefficient (Wildman–Crippen LogP) is 4.37. The summed E-state index contributed by atoms with van der Waals surface area (Å²) in [7, 11) is 0. The smallest absolute Gasteiger partial charge is 0.119 e. The van der Waals surface area contributed by atoms with Crippen LogP contribution in [-0.2, 0) is 6.61 Å². The maximum Gasteiger partial charge on any atom is 0.119 e. The lowest BCUT2D eigenvalue weighted by atomic mass is 10.1. The van der Waals surface area contributed by atoms with Crippen molar-refractivity contribution in [2.24, 2.45) is 0 Å². The molecular formula is C16H15NOS. The van der Waals surface area contributed by atoms with Gasteiger partial charge < -0.3 is 10.5 Å². The number of nitrogens with two attached hydrogens (primary N) is 1. The summed E-state index contributed by atoms with van der Waals surface area (Å²) in [6, 6.07) is 14.1. The van der Waals surface area contributed by atoms with Crippen LogP contribution < -0.4 is 10.5 Å². The van der Waals surface area contributed by atoms with E-state index in [4.69, 9.17) is 10.5 Å². The standard InChI is InChI=1S/C16H15NOS/c1-11-2-5-14(6-3-11)18-9-12-10-19-16-7-4-13(17)8-15(12)16/h2-8,10H,9,17H2,1H3. The van der Waals surface area contributed by atoms with E-state index in [1.807, 2.05) is 24.3 Å². The third-order valence-electron chi connectivity index (χ3n) is 3.09. The summed E-state index contributed by atoms with van der Waals surface area (Å²) >= 11 is 1.72. The van der Waals surface area contributed by atoms with Crippen LogP contribution in [0.1, 0.15) is 11.1 Å². The molecule has 3 aromatic rings. The molecule has 96 valence electrons. The molecule has 0 aliphatic rings. The largest absolute Gasteiger partial charge is 0.489 e. The summed E-state index contributed by atoms with van der Waals surface area (Å²) in [5.41, 5.74) is 9.06. The number of thiophene rings is 1. The van der Waals surface area contributed by atoms with Gasteiger partial charge in [0, 0.05) is 21.3 Å². The normalized spacial score (nSPS) is 10.8. The molecule has 1 heterocycles. The van der Waals surface area contributed by atoms with Crippen molar-refractivity contribution in [3.63, 3.8) is 0 Å². The fourth-order valence-corrected chi connectivity index (χ4v) is 2.93. The van der Waals surface area contributed by atoms with Crippen LogP contribution in [0, 0.1) is 6.92 Å². The minimum Gasteiger partial charge on any atom is -0.489 e. The predicted molar refractivity (Wildman–Crippen MR) is 81.7 cm³/mol. The minimum absolute atomic E-state index is 0.576. The first-order valence-corrected chi connectivity index (χ1v) is 7.05. The molecule has 2 aromatic carbocycles. The molecule has 0 aliphatic carbocycles. The molecule has 0 atom stereocenters. The van der Waals surface area contributed by atoms with Crippen LogP contribution in [0.25, 0.3) is 10.1 Å². The summed E-state index contributed by atoms with van der Waals surface area (Å²) in [4.78, 5) is 0. The Bertz CT molecular complexity index is 700. The Kier molecular flexibility index (Phi) is 3.13. The first kappa shape index (κ1) is 12.1. The molecule has 0 unspecified atom stereocenters. The van der Waals surface area contributed by atoms with Gasteiger partial charge in [-0.3, -0.25) is 0 Å². The summed E-state index contributed by atoms with van der Waals surface area (Å²) < 4.78 is 7.07. The maximum atomic E-state index is 5.84. The van der Waals surface area contributed by atoms with Crippen molar-refractivity contribution >= 4 is 27.1 Å². The Morgan fingerprint density at radius 1 is 1.11 bits per heavy atom. The van der Waals surface area contributed by atoms with Crippen LogP contribution in [0.2, 0.25) is 0 Å². The highest BCUT2D eigenvalue weighted by molar-refractivity contribution is 7.17. The molecule has 0 saturated carbocycles. The number of ether oxygens (including phenoxy) is 1. The molecule has 0 amide bonds. The highest BCUT2D eigenvalue weighted by Gasteiger charge is 2.05. The minimum atomic E-state index is 0.576. The van der Waals surface area contributed by atoms with Crippen molar-refractivity contribution < 1.29 is 4.74 Å². The molecular weight excluding hydrogens is 254 g/mol. The summed E-state index contributed by atoms with van der Waals surface area (Å²) in [5.74, 6) is 0.897. The lowest BCUT2D eigenvalue weighted by molar-refractivity contribution is 0.308. The average Bonchev–Trinajstić information content (AvgIpc) is 2.80. The topological polar surface area (TPSA) is 35.2 Å².